The molecule has 0 bridgehead atoms. The zero-order valence-electron chi connectivity index (χ0n) is 24.9. The summed E-state index contributed by atoms with van der Waals surface area (Å²) in [6.45, 7) is 0.208. The molecule has 4 aromatic carbocycles. The fourth-order valence-electron chi connectivity index (χ4n) is 5.21. The SMILES string of the molecule is Cc1nn(-c2ccccc2)c(OC(=O)c2ccc([N+](=O)[O-])cc2)c1C(CNC(=O)c1ccc([N+](=O)[O-])cc1)(c1ccccc1)C(F)(F)F. The lowest BCUT2D eigenvalue weighted by atomic mass is 9.73. The Hall–Kier alpha value is -6.38. The summed E-state index contributed by atoms with van der Waals surface area (Å²) in [7, 11) is 0. The van der Waals surface area contributed by atoms with Crippen LogP contribution in [0.2, 0.25) is 0 Å². The van der Waals surface area contributed by atoms with Gasteiger partial charge in [0.25, 0.3) is 17.3 Å². The van der Waals surface area contributed by atoms with Gasteiger partial charge in [-0.3, -0.25) is 25.0 Å². The minimum Gasteiger partial charge on any atom is -0.403 e. The van der Waals surface area contributed by atoms with Crippen LogP contribution < -0.4 is 10.1 Å². The number of benzene rings is 4. The fourth-order valence-corrected chi connectivity index (χ4v) is 5.21. The molecule has 0 fully saturated rings. The number of esters is 1. The average molecular weight is 660 g/mol. The standard InChI is InChI=1S/C33H24F3N5O7/c1-21-28(30(39(38-21)25-10-6-3-7-11-25)48-31(43)23-14-18-27(19-15-23)41(46)47)32(33(34,35)36,24-8-4-2-5-9-24)20-37-29(42)22-12-16-26(17-13-22)40(44)45/h2-19H,20H2,1H3,(H,37,42). The Morgan fingerprint density at radius 3 is 1.79 bits per heavy atom. The number of rotatable bonds is 10. The van der Waals surface area contributed by atoms with Gasteiger partial charge in [-0.15, -0.1) is 0 Å². The summed E-state index contributed by atoms with van der Waals surface area (Å²) in [4.78, 5) is 47.5. The molecule has 12 nitrogen and oxygen atoms in total. The Balaban J connectivity index is 1.69. The summed E-state index contributed by atoms with van der Waals surface area (Å²) in [6, 6.07) is 23.3. The number of nitrogens with one attached hydrogen (secondary N) is 1. The van der Waals surface area contributed by atoms with E-state index < -0.39 is 51.3 Å². The number of hydrogen-bond acceptors (Lipinski definition) is 8. The van der Waals surface area contributed by atoms with Gasteiger partial charge in [0.05, 0.1) is 32.4 Å². The third-order valence-corrected chi connectivity index (χ3v) is 7.55. The first kappa shape index (κ1) is 33.0. The smallest absolute Gasteiger partial charge is 0.403 e. The van der Waals surface area contributed by atoms with Crippen LogP contribution in [0.1, 0.15) is 37.5 Å². The number of para-hydroxylation sites is 1. The number of nitrogens with zero attached hydrogens (tertiary/aromatic N) is 4. The van der Waals surface area contributed by atoms with Crippen molar-refractivity contribution in [3.63, 3.8) is 0 Å². The molecule has 244 valence electrons. The number of amides is 1. The van der Waals surface area contributed by atoms with Crippen molar-refractivity contribution in [2.45, 2.75) is 18.5 Å². The molecule has 48 heavy (non-hydrogen) atoms. The Labute approximate surface area is 269 Å². The van der Waals surface area contributed by atoms with E-state index in [9.17, 15) is 29.8 Å². The maximum atomic E-state index is 15.8. The summed E-state index contributed by atoms with van der Waals surface area (Å²) < 4.78 is 54.2. The second-order valence-corrected chi connectivity index (χ2v) is 10.5. The highest BCUT2D eigenvalue weighted by atomic mass is 19.4. The Bertz CT molecular complexity index is 1980. The quantitative estimate of drug-likeness (QED) is 0.101. The molecule has 1 heterocycles. The molecule has 0 saturated heterocycles. The molecule has 1 atom stereocenters. The van der Waals surface area contributed by atoms with E-state index >= 15 is 13.2 Å². The van der Waals surface area contributed by atoms with Crippen LogP contribution in [0, 0.1) is 27.2 Å². The summed E-state index contributed by atoms with van der Waals surface area (Å²) in [5.74, 6) is -2.68. The van der Waals surface area contributed by atoms with Crippen LogP contribution in [-0.4, -0.2) is 44.2 Å². The van der Waals surface area contributed by atoms with E-state index in [-0.39, 0.29) is 39.4 Å². The minimum atomic E-state index is -5.15. The number of carbonyl (C=O) groups is 2. The van der Waals surface area contributed by atoms with Crippen LogP contribution >= 0.6 is 0 Å². The molecule has 1 amide bonds. The highest BCUT2D eigenvalue weighted by Crippen LogP contribution is 2.51. The van der Waals surface area contributed by atoms with Gasteiger partial charge in [-0.05, 0) is 48.9 Å². The number of carbonyl (C=O) groups excluding carboxylic acids is 2. The third-order valence-electron chi connectivity index (χ3n) is 7.55. The zero-order valence-corrected chi connectivity index (χ0v) is 24.9. The Kier molecular flexibility index (Phi) is 9.04. The molecule has 0 saturated carbocycles. The number of non-ortho nitro benzene ring substituents is 2. The van der Waals surface area contributed by atoms with E-state index in [0.29, 0.717) is 0 Å². The van der Waals surface area contributed by atoms with Crippen molar-refractivity contribution >= 4 is 23.3 Å². The Morgan fingerprint density at radius 1 is 0.792 bits per heavy atom. The predicted octanol–water partition coefficient (Wildman–Crippen LogP) is 6.49. The predicted molar refractivity (Wildman–Crippen MR) is 165 cm³/mol. The van der Waals surface area contributed by atoms with Crippen molar-refractivity contribution in [1.82, 2.24) is 15.1 Å². The number of aryl methyl sites for hydroxylation is 1. The van der Waals surface area contributed by atoms with Crippen LogP contribution in [0.4, 0.5) is 24.5 Å². The van der Waals surface area contributed by atoms with Crippen molar-refractivity contribution < 1.29 is 37.3 Å². The topological polar surface area (TPSA) is 160 Å². The normalized spacial score (nSPS) is 12.5. The van der Waals surface area contributed by atoms with Crippen molar-refractivity contribution in [2.75, 3.05) is 6.54 Å². The maximum absolute atomic E-state index is 15.8. The Morgan fingerprint density at radius 2 is 1.29 bits per heavy atom. The summed E-state index contributed by atoms with van der Waals surface area (Å²) in [6.07, 6.45) is -5.15. The molecular weight excluding hydrogens is 635 g/mol. The maximum Gasteiger partial charge on any atom is 0.404 e. The van der Waals surface area contributed by atoms with Crippen LogP contribution in [0.3, 0.4) is 0 Å². The van der Waals surface area contributed by atoms with Gasteiger partial charge >= 0.3 is 12.1 Å². The summed E-state index contributed by atoms with van der Waals surface area (Å²) in [5, 5.41) is 28.8. The van der Waals surface area contributed by atoms with Crippen molar-refractivity contribution in [3.05, 3.63) is 157 Å². The molecule has 1 aromatic heterocycles. The molecule has 1 N–H and O–H groups in total. The fraction of sp³-hybridized carbons (Fsp3) is 0.121. The monoisotopic (exact) mass is 659 g/mol. The van der Waals surface area contributed by atoms with E-state index in [2.05, 4.69) is 10.4 Å². The van der Waals surface area contributed by atoms with E-state index in [4.69, 9.17) is 4.74 Å². The van der Waals surface area contributed by atoms with Crippen LogP contribution in [-0.2, 0) is 5.41 Å². The number of hydrogen-bond donors (Lipinski definition) is 1. The van der Waals surface area contributed by atoms with E-state index in [1.165, 1.54) is 49.4 Å². The highest BCUT2D eigenvalue weighted by Gasteiger charge is 2.60. The number of aromatic nitrogens is 2. The summed E-state index contributed by atoms with van der Waals surface area (Å²) >= 11 is 0. The molecule has 0 aliphatic heterocycles. The van der Waals surface area contributed by atoms with Gasteiger partial charge in [-0.1, -0.05) is 48.5 Å². The molecule has 0 spiro atoms. The van der Waals surface area contributed by atoms with Crippen LogP contribution in [0.5, 0.6) is 5.88 Å². The first-order valence-corrected chi connectivity index (χ1v) is 14.1. The van der Waals surface area contributed by atoms with Gasteiger partial charge in [-0.25, -0.2) is 9.48 Å². The van der Waals surface area contributed by atoms with Crippen molar-refractivity contribution in [3.8, 4) is 11.6 Å². The second kappa shape index (κ2) is 13.2. The van der Waals surface area contributed by atoms with Gasteiger partial charge < -0.3 is 10.1 Å². The van der Waals surface area contributed by atoms with Crippen molar-refractivity contribution in [1.29, 1.82) is 0 Å². The number of ether oxygens (including phenoxy) is 1. The molecule has 15 heteroatoms. The lowest BCUT2D eigenvalue weighted by Crippen LogP contribution is -2.52. The number of halogens is 3. The van der Waals surface area contributed by atoms with E-state index in [0.717, 1.165) is 53.2 Å². The van der Waals surface area contributed by atoms with Gasteiger partial charge in [0.2, 0.25) is 5.88 Å². The number of alkyl halides is 3. The zero-order chi connectivity index (χ0) is 34.6. The van der Waals surface area contributed by atoms with Gasteiger partial charge in [0.15, 0.2) is 0 Å². The van der Waals surface area contributed by atoms with Crippen molar-refractivity contribution in [2.24, 2.45) is 0 Å². The third kappa shape index (κ3) is 6.33. The van der Waals surface area contributed by atoms with Gasteiger partial charge in [0, 0.05) is 36.4 Å². The largest absolute Gasteiger partial charge is 0.404 e. The first-order valence-electron chi connectivity index (χ1n) is 14.1. The molecule has 0 radical (unpaired) electrons. The molecule has 1 unspecified atom stereocenters. The van der Waals surface area contributed by atoms with Gasteiger partial charge in [-0.2, -0.15) is 18.3 Å². The first-order chi connectivity index (χ1) is 22.8. The highest BCUT2D eigenvalue weighted by molar-refractivity contribution is 5.94. The number of nitro groups is 2. The molecular formula is C33H24F3N5O7. The van der Waals surface area contributed by atoms with Crippen LogP contribution in [0.25, 0.3) is 5.69 Å². The van der Waals surface area contributed by atoms with Gasteiger partial charge in [0.1, 0.15) is 5.41 Å². The van der Waals surface area contributed by atoms with E-state index in [1.807, 2.05) is 0 Å². The summed E-state index contributed by atoms with van der Waals surface area (Å²) in [5.41, 5.74) is -4.85. The molecule has 0 aliphatic rings. The lowest BCUT2D eigenvalue weighted by Gasteiger charge is -2.37. The lowest BCUT2D eigenvalue weighted by molar-refractivity contribution is -0.385. The molecule has 5 rings (SSSR count). The van der Waals surface area contributed by atoms with Crippen LogP contribution in [0.15, 0.2) is 109 Å². The molecule has 0 aliphatic carbocycles. The minimum absolute atomic E-state index is 0.133. The van der Waals surface area contributed by atoms with E-state index in [1.54, 1.807) is 18.2 Å². The average Bonchev–Trinajstić information content (AvgIpc) is 3.40. The second-order valence-electron chi connectivity index (χ2n) is 10.5. The molecule has 5 aromatic rings. The number of nitro benzene ring substituents is 2.